The van der Waals surface area contributed by atoms with Gasteiger partial charge in [0.15, 0.2) is 11.6 Å². The maximum absolute atomic E-state index is 14.2. The van der Waals surface area contributed by atoms with E-state index >= 15 is 0 Å². The van der Waals surface area contributed by atoms with Gasteiger partial charge in [-0.1, -0.05) is 6.07 Å². The van der Waals surface area contributed by atoms with Crippen molar-refractivity contribution in [2.24, 2.45) is 0 Å². The van der Waals surface area contributed by atoms with E-state index in [9.17, 15) is 13.2 Å². The Hall–Kier alpha value is -2.05. The molecule has 2 aromatic carbocycles. The molecule has 0 amide bonds. The summed E-state index contributed by atoms with van der Waals surface area (Å²) in [4.78, 5) is 5.85. The van der Waals surface area contributed by atoms with Gasteiger partial charge in [-0.25, -0.2) is 18.2 Å². The fourth-order valence-corrected chi connectivity index (χ4v) is 2.92. The summed E-state index contributed by atoms with van der Waals surface area (Å²) in [5, 5.41) is 4.21. The molecule has 1 atom stereocenters. The maximum atomic E-state index is 14.2. The van der Waals surface area contributed by atoms with Crippen LogP contribution in [-0.4, -0.2) is 19.7 Å². The van der Waals surface area contributed by atoms with Gasteiger partial charge in [-0.05, 0) is 62.3 Å². The van der Waals surface area contributed by atoms with E-state index in [0.717, 1.165) is 18.0 Å². The first kappa shape index (κ1) is 16.8. The fraction of sp³-hybridized carbons (Fsp3) is 0.333. The van der Waals surface area contributed by atoms with Crippen molar-refractivity contribution in [3.63, 3.8) is 0 Å². The molecule has 128 valence electrons. The predicted octanol–water partition coefficient (Wildman–Crippen LogP) is 4.10. The minimum absolute atomic E-state index is 0.272. The summed E-state index contributed by atoms with van der Waals surface area (Å²) in [6.45, 7) is 0.809. The second kappa shape index (κ2) is 7.23. The molecule has 1 unspecified atom stereocenters. The molecule has 0 fully saturated rings. The number of halogens is 3. The summed E-state index contributed by atoms with van der Waals surface area (Å²) in [7, 11) is 1.85. The van der Waals surface area contributed by atoms with Gasteiger partial charge in [0.25, 0.3) is 0 Å². The normalized spacial score (nSPS) is 17.0. The van der Waals surface area contributed by atoms with E-state index in [1.165, 1.54) is 36.4 Å². The van der Waals surface area contributed by atoms with Gasteiger partial charge in [-0.2, -0.15) is 0 Å². The third kappa shape index (κ3) is 3.39. The van der Waals surface area contributed by atoms with Crippen LogP contribution in [0.3, 0.4) is 0 Å². The topological polar surface area (TPSA) is 24.5 Å². The van der Waals surface area contributed by atoms with Crippen LogP contribution in [0.15, 0.2) is 36.4 Å². The van der Waals surface area contributed by atoms with Crippen molar-refractivity contribution >= 4 is 11.4 Å². The number of hydrogen-bond acceptors (Lipinski definition) is 3. The van der Waals surface area contributed by atoms with Crippen molar-refractivity contribution in [3.8, 4) is 0 Å². The molecular weight excluding hydrogens is 317 g/mol. The van der Waals surface area contributed by atoms with Crippen LogP contribution in [0.25, 0.3) is 0 Å². The highest BCUT2D eigenvalue weighted by Crippen LogP contribution is 2.38. The van der Waals surface area contributed by atoms with Crippen LogP contribution in [0.4, 0.5) is 24.5 Å². The third-order valence-electron chi connectivity index (χ3n) is 4.06. The molecule has 3 rings (SSSR count). The summed E-state index contributed by atoms with van der Waals surface area (Å²) < 4.78 is 42.0. The van der Waals surface area contributed by atoms with Crippen molar-refractivity contribution in [2.75, 3.05) is 18.7 Å². The average molecular weight is 336 g/mol. The monoisotopic (exact) mass is 336 g/mol. The lowest BCUT2D eigenvalue weighted by Crippen LogP contribution is -2.34. The molecule has 0 saturated carbocycles. The van der Waals surface area contributed by atoms with Gasteiger partial charge in [0.05, 0.1) is 11.8 Å². The molecule has 24 heavy (non-hydrogen) atoms. The smallest absolute Gasteiger partial charge is 0.152 e. The fourth-order valence-electron chi connectivity index (χ4n) is 2.92. The Kier molecular flexibility index (Phi) is 5.06. The minimum atomic E-state index is -0.721. The maximum Gasteiger partial charge on any atom is 0.152 e. The molecule has 1 aliphatic heterocycles. The van der Waals surface area contributed by atoms with Crippen molar-refractivity contribution < 1.29 is 18.0 Å². The van der Waals surface area contributed by atoms with Crippen LogP contribution >= 0.6 is 0 Å². The third-order valence-corrected chi connectivity index (χ3v) is 4.06. The van der Waals surface area contributed by atoms with E-state index in [1.807, 2.05) is 7.05 Å². The van der Waals surface area contributed by atoms with E-state index in [2.05, 4.69) is 5.32 Å². The molecule has 0 aliphatic carbocycles. The van der Waals surface area contributed by atoms with Crippen molar-refractivity contribution in [1.29, 1.82) is 0 Å². The molecule has 0 spiro atoms. The Bertz CT molecular complexity index is 703. The first-order valence-corrected chi connectivity index (χ1v) is 7.94. The molecule has 1 heterocycles. The molecule has 6 heteroatoms. The molecular formula is C18H19F3N2O. The number of benzene rings is 2. The van der Waals surface area contributed by atoms with Gasteiger partial charge in [-0.3, -0.25) is 4.84 Å². The number of fused-ring (bicyclic) bond motifs is 1. The lowest BCUT2D eigenvalue weighted by molar-refractivity contribution is 0.0348. The molecule has 0 radical (unpaired) electrons. The number of rotatable bonds is 5. The van der Waals surface area contributed by atoms with Crippen LogP contribution in [0.2, 0.25) is 0 Å². The lowest BCUT2D eigenvalue weighted by atomic mass is 10.00. The summed E-state index contributed by atoms with van der Waals surface area (Å²) in [5.74, 6) is -1.82. The highest BCUT2D eigenvalue weighted by molar-refractivity contribution is 5.66. The van der Waals surface area contributed by atoms with Crippen LogP contribution < -0.4 is 10.4 Å². The Morgan fingerprint density at radius 1 is 1.17 bits per heavy atom. The SMILES string of the molecule is CNCCCC1Cc2cc(F)ccc2N(c2c(F)cccc2F)O1. The predicted molar refractivity (Wildman–Crippen MR) is 86.6 cm³/mol. The van der Waals surface area contributed by atoms with Crippen molar-refractivity contribution in [3.05, 3.63) is 59.4 Å². The summed E-state index contributed by atoms with van der Waals surface area (Å²) >= 11 is 0. The van der Waals surface area contributed by atoms with Gasteiger partial charge in [0, 0.05) is 6.42 Å². The van der Waals surface area contributed by atoms with Gasteiger partial charge < -0.3 is 5.32 Å². The molecule has 1 aliphatic rings. The Morgan fingerprint density at radius 2 is 1.92 bits per heavy atom. The molecule has 1 N–H and O–H groups in total. The van der Waals surface area contributed by atoms with Crippen molar-refractivity contribution in [2.45, 2.75) is 25.4 Å². The van der Waals surface area contributed by atoms with Gasteiger partial charge >= 0.3 is 0 Å². The highest BCUT2D eigenvalue weighted by Gasteiger charge is 2.30. The standard InChI is InChI=1S/C18H19F3N2O/c1-22-9-3-4-14-11-12-10-13(19)7-8-17(12)23(24-14)18-15(20)5-2-6-16(18)21/h2,5-8,10,14,22H,3-4,9,11H2,1H3. The van der Waals surface area contributed by atoms with E-state index in [4.69, 9.17) is 4.84 Å². The van der Waals surface area contributed by atoms with Gasteiger partial charge in [0.1, 0.15) is 11.5 Å². The van der Waals surface area contributed by atoms with Crippen LogP contribution in [-0.2, 0) is 11.3 Å². The molecule has 0 saturated heterocycles. The average Bonchev–Trinajstić information content (AvgIpc) is 2.54. The van der Waals surface area contributed by atoms with E-state index in [-0.39, 0.29) is 17.6 Å². The highest BCUT2D eigenvalue weighted by atomic mass is 19.1. The number of anilines is 2. The molecule has 0 aromatic heterocycles. The minimum Gasteiger partial charge on any atom is -0.320 e. The number of para-hydroxylation sites is 1. The van der Waals surface area contributed by atoms with Gasteiger partial charge in [0.2, 0.25) is 0 Å². The first-order valence-electron chi connectivity index (χ1n) is 7.94. The number of nitrogens with zero attached hydrogens (tertiary/aromatic N) is 1. The van der Waals surface area contributed by atoms with Crippen LogP contribution in [0.5, 0.6) is 0 Å². The molecule has 0 bridgehead atoms. The second-order valence-corrected chi connectivity index (χ2v) is 5.82. The van der Waals surface area contributed by atoms with E-state index < -0.39 is 11.6 Å². The summed E-state index contributed by atoms with van der Waals surface area (Å²) in [6, 6.07) is 7.80. The van der Waals surface area contributed by atoms with Crippen molar-refractivity contribution in [1.82, 2.24) is 5.32 Å². The molecule has 3 nitrogen and oxygen atoms in total. The number of nitrogens with one attached hydrogen (secondary N) is 1. The number of hydrogen-bond donors (Lipinski definition) is 1. The van der Waals surface area contributed by atoms with E-state index in [1.54, 1.807) is 0 Å². The quantitative estimate of drug-likeness (QED) is 0.832. The zero-order valence-electron chi connectivity index (χ0n) is 13.4. The molecule has 2 aromatic rings. The van der Waals surface area contributed by atoms with E-state index in [0.29, 0.717) is 24.1 Å². The largest absolute Gasteiger partial charge is 0.320 e. The second-order valence-electron chi connectivity index (χ2n) is 5.82. The zero-order chi connectivity index (χ0) is 17.1. The first-order chi connectivity index (χ1) is 11.6. The Labute approximate surface area is 139 Å². The zero-order valence-corrected chi connectivity index (χ0v) is 13.4. The lowest BCUT2D eigenvalue weighted by Gasteiger charge is -2.35. The summed E-state index contributed by atoms with van der Waals surface area (Å²) in [5.41, 5.74) is 0.868. The Morgan fingerprint density at radius 3 is 2.62 bits per heavy atom. The van der Waals surface area contributed by atoms with Crippen LogP contribution in [0.1, 0.15) is 18.4 Å². The van der Waals surface area contributed by atoms with Gasteiger partial charge in [-0.15, -0.1) is 0 Å². The van der Waals surface area contributed by atoms with Crippen LogP contribution in [0, 0.1) is 17.5 Å². The summed E-state index contributed by atoms with van der Waals surface area (Å²) in [6.07, 6.45) is 1.78. The Balaban J connectivity index is 1.98.